The van der Waals surface area contributed by atoms with Gasteiger partial charge in [0.1, 0.15) is 16.6 Å². The number of rotatable bonds is 4. The zero-order chi connectivity index (χ0) is 17.2. The van der Waals surface area contributed by atoms with Crippen molar-refractivity contribution in [2.45, 2.75) is 6.42 Å². The first-order valence-corrected chi connectivity index (χ1v) is 8.38. The maximum atomic E-state index is 13.3. The summed E-state index contributed by atoms with van der Waals surface area (Å²) in [6, 6.07) is 13.3. The minimum absolute atomic E-state index is 0.251. The summed E-state index contributed by atoms with van der Waals surface area (Å²) in [5, 5.41) is 13.4. The Hall–Kier alpha value is -2.93. The molecule has 25 heavy (non-hydrogen) atoms. The van der Waals surface area contributed by atoms with Gasteiger partial charge < -0.3 is 0 Å². The zero-order valence-electron chi connectivity index (χ0n) is 12.9. The molecule has 0 atom stereocenters. The number of benzene rings is 2. The summed E-state index contributed by atoms with van der Waals surface area (Å²) in [5.41, 5.74) is 1.56. The first kappa shape index (κ1) is 15.6. The van der Waals surface area contributed by atoms with E-state index in [1.54, 1.807) is 4.52 Å². The Bertz CT molecular complexity index is 1030. The van der Waals surface area contributed by atoms with E-state index in [0.29, 0.717) is 16.3 Å². The monoisotopic (exact) mass is 354 g/mol. The molecule has 4 aromatic rings. The summed E-state index contributed by atoms with van der Waals surface area (Å²) in [6.07, 6.45) is 4.12. The van der Waals surface area contributed by atoms with Crippen molar-refractivity contribution in [3.05, 3.63) is 82.1 Å². The summed E-state index contributed by atoms with van der Waals surface area (Å²) in [5.74, 6) is -0.684. The number of hydrogen-bond acceptors (Lipinski definition) is 4. The molecule has 2 aromatic carbocycles. The van der Waals surface area contributed by atoms with E-state index in [1.165, 1.54) is 23.5 Å². The molecule has 0 saturated carbocycles. The third-order valence-electron chi connectivity index (χ3n) is 3.57. The van der Waals surface area contributed by atoms with Gasteiger partial charge in [-0.1, -0.05) is 47.7 Å². The van der Waals surface area contributed by atoms with Crippen LogP contribution in [0, 0.1) is 11.6 Å². The van der Waals surface area contributed by atoms with E-state index in [0.717, 1.165) is 16.6 Å². The molecule has 0 radical (unpaired) electrons. The van der Waals surface area contributed by atoms with Gasteiger partial charge in [0.05, 0.1) is 0 Å². The van der Waals surface area contributed by atoms with E-state index in [4.69, 9.17) is 0 Å². The molecule has 2 aromatic heterocycles. The Balaban J connectivity index is 1.61. The van der Waals surface area contributed by atoms with E-state index in [9.17, 15) is 8.78 Å². The lowest BCUT2D eigenvalue weighted by Gasteiger charge is -1.99. The molecular formula is C18H12F2N4S. The molecule has 0 amide bonds. The Morgan fingerprint density at radius 2 is 1.72 bits per heavy atom. The molecule has 7 heteroatoms. The summed E-state index contributed by atoms with van der Waals surface area (Å²) in [6.45, 7) is 0. The van der Waals surface area contributed by atoms with E-state index in [1.807, 2.05) is 42.5 Å². The minimum atomic E-state index is -0.611. The molecule has 0 aliphatic carbocycles. The molecule has 4 rings (SSSR count). The molecule has 124 valence electrons. The number of fused-ring (bicyclic) bond motifs is 1. The van der Waals surface area contributed by atoms with Gasteiger partial charge in [0.25, 0.3) is 0 Å². The van der Waals surface area contributed by atoms with Crippen molar-refractivity contribution in [1.29, 1.82) is 0 Å². The first-order valence-electron chi connectivity index (χ1n) is 7.56. The highest BCUT2D eigenvalue weighted by molar-refractivity contribution is 7.17. The predicted octanol–water partition coefficient (Wildman–Crippen LogP) is 4.23. The molecular weight excluding hydrogens is 342 g/mol. The van der Waals surface area contributed by atoms with Crippen LogP contribution in [0.2, 0.25) is 0 Å². The van der Waals surface area contributed by atoms with Crippen LogP contribution in [0.1, 0.15) is 22.0 Å². The summed E-state index contributed by atoms with van der Waals surface area (Å²) < 4.78 is 28.3. The number of nitrogens with zero attached hydrogens (tertiary/aromatic N) is 4. The van der Waals surface area contributed by atoms with Gasteiger partial charge in [-0.25, -0.2) is 8.78 Å². The normalized spacial score (nSPS) is 11.6. The molecule has 4 nitrogen and oxygen atoms in total. The number of aromatic nitrogens is 4. The predicted molar refractivity (Wildman–Crippen MR) is 93.2 cm³/mol. The van der Waals surface area contributed by atoms with Gasteiger partial charge in [0.15, 0.2) is 5.82 Å². The van der Waals surface area contributed by atoms with Crippen molar-refractivity contribution in [1.82, 2.24) is 19.8 Å². The largest absolute Gasteiger partial charge is 0.234 e. The van der Waals surface area contributed by atoms with Gasteiger partial charge in [-0.3, -0.25) is 0 Å². The van der Waals surface area contributed by atoms with Crippen LogP contribution in [0.3, 0.4) is 0 Å². The van der Waals surface area contributed by atoms with Crippen LogP contribution in [-0.4, -0.2) is 19.8 Å². The Morgan fingerprint density at radius 1 is 0.960 bits per heavy atom. The third kappa shape index (κ3) is 3.46. The fourth-order valence-corrected chi connectivity index (χ4v) is 3.24. The zero-order valence-corrected chi connectivity index (χ0v) is 13.8. The maximum Gasteiger partial charge on any atom is 0.234 e. The van der Waals surface area contributed by atoms with Crippen LogP contribution >= 0.6 is 11.3 Å². The van der Waals surface area contributed by atoms with E-state index < -0.39 is 11.6 Å². The molecule has 0 spiro atoms. The highest BCUT2D eigenvalue weighted by atomic mass is 32.1. The number of hydrogen-bond donors (Lipinski definition) is 0. The van der Waals surface area contributed by atoms with Crippen molar-refractivity contribution in [3.8, 4) is 0 Å². The molecule has 0 saturated heterocycles. The molecule has 0 bridgehead atoms. The average Bonchev–Trinajstić information content (AvgIpc) is 3.15. The molecule has 0 N–H and O–H groups in total. The molecule has 0 unspecified atom stereocenters. The summed E-state index contributed by atoms with van der Waals surface area (Å²) in [7, 11) is 0. The summed E-state index contributed by atoms with van der Waals surface area (Å²) in [4.78, 5) is 0.639. The molecule has 2 heterocycles. The maximum absolute atomic E-state index is 13.3. The molecule has 0 fully saturated rings. The Kier molecular flexibility index (Phi) is 4.07. The smallest absolute Gasteiger partial charge is 0.207 e. The Morgan fingerprint density at radius 3 is 2.48 bits per heavy atom. The van der Waals surface area contributed by atoms with Crippen molar-refractivity contribution < 1.29 is 8.78 Å². The third-order valence-corrected chi connectivity index (χ3v) is 4.44. The van der Waals surface area contributed by atoms with Gasteiger partial charge in [0.2, 0.25) is 4.96 Å². The van der Waals surface area contributed by atoms with Crippen molar-refractivity contribution in [3.63, 3.8) is 0 Å². The second-order valence-electron chi connectivity index (χ2n) is 5.45. The van der Waals surface area contributed by atoms with Crippen LogP contribution in [0.4, 0.5) is 8.78 Å². The highest BCUT2D eigenvalue weighted by Crippen LogP contribution is 2.19. The van der Waals surface area contributed by atoms with Gasteiger partial charge in [0, 0.05) is 12.5 Å². The van der Waals surface area contributed by atoms with E-state index in [2.05, 4.69) is 15.3 Å². The number of halogens is 2. The van der Waals surface area contributed by atoms with Crippen LogP contribution < -0.4 is 0 Å². The Labute approximate surface area is 146 Å². The van der Waals surface area contributed by atoms with E-state index in [-0.39, 0.29) is 6.42 Å². The van der Waals surface area contributed by atoms with Gasteiger partial charge >= 0.3 is 0 Å². The quantitative estimate of drug-likeness (QED) is 0.551. The standard InChI is InChI=1S/C18H12F2N4S/c19-14-8-13(9-15(20)11-14)10-16-21-22-18-24(16)23-17(25-18)7-6-12-4-2-1-3-5-12/h1-9,11H,10H2/b7-6+. The molecule has 0 aliphatic heterocycles. The minimum Gasteiger partial charge on any atom is -0.207 e. The molecule has 0 aliphatic rings. The highest BCUT2D eigenvalue weighted by Gasteiger charge is 2.12. The van der Waals surface area contributed by atoms with Crippen LogP contribution in [0.15, 0.2) is 48.5 Å². The second-order valence-corrected chi connectivity index (χ2v) is 6.44. The fourth-order valence-electron chi connectivity index (χ4n) is 2.48. The lowest BCUT2D eigenvalue weighted by Crippen LogP contribution is -1.99. The first-order chi connectivity index (χ1) is 12.2. The van der Waals surface area contributed by atoms with Crippen LogP contribution in [0.5, 0.6) is 0 Å². The van der Waals surface area contributed by atoms with Crippen molar-refractivity contribution in [2.24, 2.45) is 0 Å². The lowest BCUT2D eigenvalue weighted by molar-refractivity contribution is 0.580. The average molecular weight is 354 g/mol. The van der Waals surface area contributed by atoms with Crippen LogP contribution in [-0.2, 0) is 6.42 Å². The SMILES string of the molecule is Fc1cc(F)cc(Cc2nnc3sc(/C=C/c4ccccc4)nn23)c1. The van der Waals surface area contributed by atoms with Gasteiger partial charge in [-0.15, -0.1) is 10.2 Å². The second kappa shape index (κ2) is 6.52. The van der Waals surface area contributed by atoms with Crippen molar-refractivity contribution in [2.75, 3.05) is 0 Å². The van der Waals surface area contributed by atoms with E-state index >= 15 is 0 Å². The van der Waals surface area contributed by atoms with Gasteiger partial charge in [-0.05, 0) is 29.3 Å². The van der Waals surface area contributed by atoms with Gasteiger partial charge in [-0.2, -0.15) is 9.61 Å². The fraction of sp³-hybridized carbons (Fsp3) is 0.0556. The van der Waals surface area contributed by atoms with Crippen molar-refractivity contribution >= 4 is 28.4 Å². The van der Waals surface area contributed by atoms with Crippen LogP contribution in [0.25, 0.3) is 17.1 Å². The lowest BCUT2D eigenvalue weighted by atomic mass is 10.1. The topological polar surface area (TPSA) is 43.1 Å². The summed E-state index contributed by atoms with van der Waals surface area (Å²) >= 11 is 1.40.